The minimum absolute atomic E-state index is 0.122. The summed E-state index contributed by atoms with van der Waals surface area (Å²) >= 11 is 1.31. The molecule has 138 valence electrons. The number of aliphatic carboxylic acids is 1. The third-order valence-corrected chi connectivity index (χ3v) is 4.86. The van der Waals surface area contributed by atoms with Crippen LogP contribution in [0.1, 0.15) is 11.1 Å². The van der Waals surface area contributed by atoms with E-state index in [-0.39, 0.29) is 5.91 Å². The van der Waals surface area contributed by atoms with Crippen molar-refractivity contribution in [3.8, 4) is 5.75 Å². The Morgan fingerprint density at radius 1 is 1.19 bits per heavy atom. The number of aliphatic imine (C=N–C) groups is 1. The van der Waals surface area contributed by atoms with E-state index in [2.05, 4.69) is 4.99 Å². The summed E-state index contributed by atoms with van der Waals surface area (Å²) in [6.45, 7) is 1.50. The van der Waals surface area contributed by atoms with E-state index in [1.807, 2.05) is 31.2 Å². The first kappa shape index (κ1) is 18.7. The van der Waals surface area contributed by atoms with Gasteiger partial charge in [0.2, 0.25) is 0 Å². The van der Waals surface area contributed by atoms with E-state index in [1.54, 1.807) is 37.4 Å². The van der Waals surface area contributed by atoms with Crippen molar-refractivity contribution in [2.75, 3.05) is 13.7 Å². The molecule has 2 aromatic rings. The SMILES string of the molecule is Cc1ccc(N=C2S/C(=C\c3ccc(OCC(=O)[O-])cc3)C(=O)N2C)cc1. The molecule has 27 heavy (non-hydrogen) atoms. The number of carboxylic acid groups (broad SMARTS) is 1. The minimum Gasteiger partial charge on any atom is -0.546 e. The Morgan fingerprint density at radius 3 is 2.48 bits per heavy atom. The van der Waals surface area contributed by atoms with Crippen LogP contribution in [0.3, 0.4) is 0 Å². The second-order valence-electron chi connectivity index (χ2n) is 5.93. The van der Waals surface area contributed by atoms with Crippen LogP contribution in [0.2, 0.25) is 0 Å². The molecule has 0 radical (unpaired) electrons. The maximum atomic E-state index is 12.5. The molecule has 1 amide bonds. The molecule has 1 aliphatic heterocycles. The van der Waals surface area contributed by atoms with Gasteiger partial charge in [0.25, 0.3) is 5.91 Å². The number of carboxylic acids is 1. The van der Waals surface area contributed by atoms with Gasteiger partial charge >= 0.3 is 0 Å². The van der Waals surface area contributed by atoms with Gasteiger partial charge in [-0.05, 0) is 54.6 Å². The second kappa shape index (κ2) is 8.09. The van der Waals surface area contributed by atoms with Crippen molar-refractivity contribution in [3.05, 3.63) is 64.6 Å². The molecule has 1 aliphatic rings. The van der Waals surface area contributed by atoms with Crippen LogP contribution in [0.5, 0.6) is 5.75 Å². The zero-order valence-electron chi connectivity index (χ0n) is 14.8. The van der Waals surface area contributed by atoms with Crippen LogP contribution in [-0.2, 0) is 9.59 Å². The Bertz CT molecular complexity index is 918. The first-order valence-corrected chi connectivity index (χ1v) is 9.00. The molecule has 1 saturated heterocycles. The summed E-state index contributed by atoms with van der Waals surface area (Å²) in [7, 11) is 1.69. The van der Waals surface area contributed by atoms with Gasteiger partial charge in [0.1, 0.15) is 12.4 Å². The maximum absolute atomic E-state index is 12.5. The van der Waals surface area contributed by atoms with Crippen molar-refractivity contribution in [1.29, 1.82) is 0 Å². The van der Waals surface area contributed by atoms with Crippen LogP contribution < -0.4 is 9.84 Å². The van der Waals surface area contributed by atoms with E-state index in [9.17, 15) is 14.7 Å². The molecular formula is C20H17N2O4S-. The van der Waals surface area contributed by atoms with Crippen molar-refractivity contribution < 1.29 is 19.4 Å². The molecule has 0 aliphatic carbocycles. The second-order valence-corrected chi connectivity index (χ2v) is 6.94. The number of benzene rings is 2. The number of rotatable bonds is 5. The zero-order valence-corrected chi connectivity index (χ0v) is 15.7. The molecule has 3 rings (SSSR count). The van der Waals surface area contributed by atoms with Gasteiger partial charge in [0.15, 0.2) is 5.17 Å². The number of ether oxygens (including phenoxy) is 1. The summed E-state index contributed by atoms with van der Waals surface area (Å²) < 4.78 is 5.04. The van der Waals surface area contributed by atoms with Crippen molar-refractivity contribution in [2.24, 2.45) is 4.99 Å². The summed E-state index contributed by atoms with van der Waals surface area (Å²) in [5.74, 6) is -0.980. The van der Waals surface area contributed by atoms with Gasteiger partial charge in [0, 0.05) is 7.05 Å². The van der Waals surface area contributed by atoms with E-state index >= 15 is 0 Å². The summed E-state index contributed by atoms with van der Waals surface area (Å²) in [6, 6.07) is 14.6. The molecule has 1 heterocycles. The number of amidine groups is 1. The van der Waals surface area contributed by atoms with Crippen LogP contribution in [-0.4, -0.2) is 35.6 Å². The predicted octanol–water partition coefficient (Wildman–Crippen LogP) is 2.36. The van der Waals surface area contributed by atoms with E-state index in [0.29, 0.717) is 15.8 Å². The van der Waals surface area contributed by atoms with Gasteiger partial charge in [-0.25, -0.2) is 4.99 Å². The number of aryl methyl sites for hydroxylation is 1. The predicted molar refractivity (Wildman–Crippen MR) is 104 cm³/mol. The van der Waals surface area contributed by atoms with Crippen molar-refractivity contribution in [3.63, 3.8) is 0 Å². The standard InChI is InChI=1S/C20H18N2O4S/c1-13-3-7-15(8-4-13)21-20-22(2)19(25)17(27-20)11-14-5-9-16(10-6-14)26-12-18(23)24/h3-11H,12H2,1-2H3,(H,23,24)/p-1/b17-11-,21-20?. The number of amides is 1. The van der Waals surface area contributed by atoms with E-state index in [1.165, 1.54) is 16.7 Å². The largest absolute Gasteiger partial charge is 0.546 e. The molecule has 1 fully saturated rings. The monoisotopic (exact) mass is 381 g/mol. The lowest BCUT2D eigenvalue weighted by atomic mass is 10.2. The Labute approximate surface area is 161 Å². The number of nitrogens with zero attached hydrogens (tertiary/aromatic N) is 2. The van der Waals surface area contributed by atoms with Gasteiger partial charge < -0.3 is 14.6 Å². The van der Waals surface area contributed by atoms with Crippen molar-refractivity contribution >= 4 is 40.6 Å². The van der Waals surface area contributed by atoms with Crippen LogP contribution >= 0.6 is 11.8 Å². The van der Waals surface area contributed by atoms with Crippen molar-refractivity contribution in [1.82, 2.24) is 4.90 Å². The van der Waals surface area contributed by atoms with Gasteiger partial charge in [-0.1, -0.05) is 29.8 Å². The molecule has 0 spiro atoms. The van der Waals surface area contributed by atoms with Gasteiger partial charge in [-0.2, -0.15) is 0 Å². The van der Waals surface area contributed by atoms with Crippen molar-refractivity contribution in [2.45, 2.75) is 6.92 Å². The average Bonchev–Trinajstić information content (AvgIpc) is 2.91. The average molecular weight is 381 g/mol. The van der Waals surface area contributed by atoms with Crippen LogP contribution in [0.4, 0.5) is 5.69 Å². The molecule has 0 N–H and O–H groups in total. The van der Waals surface area contributed by atoms with E-state index in [4.69, 9.17) is 4.74 Å². The highest BCUT2D eigenvalue weighted by Crippen LogP contribution is 2.33. The molecule has 6 nitrogen and oxygen atoms in total. The number of carbonyl (C=O) groups excluding carboxylic acids is 2. The lowest BCUT2D eigenvalue weighted by Crippen LogP contribution is -2.28. The van der Waals surface area contributed by atoms with Gasteiger partial charge in [-0.3, -0.25) is 9.69 Å². The lowest BCUT2D eigenvalue weighted by molar-refractivity contribution is -0.307. The molecule has 0 unspecified atom stereocenters. The summed E-state index contributed by atoms with van der Waals surface area (Å²) in [6.07, 6.45) is 1.77. The number of thioether (sulfide) groups is 1. The summed E-state index contributed by atoms with van der Waals surface area (Å²) in [5, 5.41) is 11.0. The highest BCUT2D eigenvalue weighted by atomic mass is 32.2. The molecule has 2 aromatic carbocycles. The van der Waals surface area contributed by atoms with Crippen LogP contribution in [0, 0.1) is 6.92 Å². The molecule has 0 bridgehead atoms. The Hall–Kier alpha value is -3.06. The minimum atomic E-state index is -1.28. The molecule has 7 heteroatoms. The van der Waals surface area contributed by atoms with E-state index in [0.717, 1.165) is 16.8 Å². The van der Waals surface area contributed by atoms with Crippen LogP contribution in [0.25, 0.3) is 6.08 Å². The number of carbonyl (C=O) groups is 2. The quantitative estimate of drug-likeness (QED) is 0.743. The fourth-order valence-corrected chi connectivity index (χ4v) is 3.32. The first-order valence-electron chi connectivity index (χ1n) is 8.18. The third-order valence-electron chi connectivity index (χ3n) is 3.80. The first-order chi connectivity index (χ1) is 12.9. The van der Waals surface area contributed by atoms with Gasteiger partial charge in [-0.15, -0.1) is 0 Å². The van der Waals surface area contributed by atoms with Gasteiger partial charge in [0.05, 0.1) is 16.6 Å². The summed E-state index contributed by atoms with van der Waals surface area (Å²) in [4.78, 5) is 29.5. The normalized spacial score (nSPS) is 17.0. The molecular weight excluding hydrogens is 364 g/mol. The Kier molecular flexibility index (Phi) is 5.61. The fraction of sp³-hybridized carbons (Fsp3) is 0.150. The molecule has 0 atom stereocenters. The number of likely N-dealkylation sites (N-methyl/N-ethyl adjacent to an activating group) is 1. The topological polar surface area (TPSA) is 82.0 Å². The number of hydrogen-bond acceptors (Lipinski definition) is 6. The highest BCUT2D eigenvalue weighted by molar-refractivity contribution is 8.18. The Balaban J connectivity index is 1.75. The fourth-order valence-electron chi connectivity index (χ4n) is 2.34. The van der Waals surface area contributed by atoms with E-state index < -0.39 is 12.6 Å². The molecule has 0 saturated carbocycles. The highest BCUT2D eigenvalue weighted by Gasteiger charge is 2.30. The Morgan fingerprint density at radius 2 is 1.85 bits per heavy atom. The molecule has 0 aromatic heterocycles. The maximum Gasteiger partial charge on any atom is 0.266 e. The summed E-state index contributed by atoms with van der Waals surface area (Å²) in [5.41, 5.74) is 2.74. The zero-order chi connectivity index (χ0) is 19.4. The smallest absolute Gasteiger partial charge is 0.266 e. The lowest BCUT2D eigenvalue weighted by Gasteiger charge is -2.07. The van der Waals surface area contributed by atoms with Crippen LogP contribution in [0.15, 0.2) is 58.4 Å². The number of hydrogen-bond donors (Lipinski definition) is 0. The third kappa shape index (κ3) is 4.77.